The predicted molar refractivity (Wildman–Crippen MR) is 108 cm³/mol. The molecule has 0 radical (unpaired) electrons. The molecule has 0 amide bonds. The number of carbonyl (C=O) groups excluding carboxylic acids is 1. The van der Waals surface area contributed by atoms with Crippen molar-refractivity contribution < 1.29 is 24.2 Å². The lowest BCUT2D eigenvalue weighted by molar-refractivity contribution is -0.166. The van der Waals surface area contributed by atoms with Crippen molar-refractivity contribution in [3.05, 3.63) is 29.3 Å². The number of aromatic carboxylic acids is 1. The van der Waals surface area contributed by atoms with Gasteiger partial charge < -0.3 is 19.9 Å². The molecule has 1 heterocycles. The van der Waals surface area contributed by atoms with Crippen LogP contribution in [0.15, 0.2) is 18.2 Å². The molecule has 1 aromatic rings. The van der Waals surface area contributed by atoms with Gasteiger partial charge in [0.2, 0.25) is 0 Å². The highest BCUT2D eigenvalue weighted by Gasteiger charge is 2.36. The van der Waals surface area contributed by atoms with E-state index in [2.05, 4.69) is 5.32 Å². The molecule has 0 spiro atoms. The maximum absolute atomic E-state index is 12.9. The summed E-state index contributed by atoms with van der Waals surface area (Å²) in [6.07, 6.45) is 0.889. The molecule has 6 nitrogen and oxygen atoms in total. The molecule has 0 aliphatic carbocycles. The molecule has 156 valence electrons. The first kappa shape index (κ1) is 22.2. The van der Waals surface area contributed by atoms with Crippen molar-refractivity contribution in [2.75, 3.05) is 13.1 Å². The van der Waals surface area contributed by atoms with Crippen LogP contribution >= 0.6 is 0 Å². The predicted octanol–water partition coefficient (Wildman–Crippen LogP) is 3.77. The summed E-state index contributed by atoms with van der Waals surface area (Å²) in [5, 5.41) is 12.9. The number of nitrogens with one attached hydrogen (secondary N) is 1. The van der Waals surface area contributed by atoms with Crippen molar-refractivity contribution in [2.45, 2.75) is 71.5 Å². The zero-order chi connectivity index (χ0) is 21.1. The molecule has 1 aliphatic rings. The normalized spacial score (nSPS) is 19.0. The Balaban J connectivity index is 2.41. The average Bonchev–Trinajstić information content (AvgIpc) is 2.57. The van der Waals surface area contributed by atoms with Gasteiger partial charge in [-0.1, -0.05) is 26.8 Å². The Morgan fingerprint density at radius 1 is 1.18 bits per heavy atom. The van der Waals surface area contributed by atoms with Gasteiger partial charge in [-0.25, -0.2) is 9.59 Å². The van der Waals surface area contributed by atoms with Gasteiger partial charge in [0.1, 0.15) is 16.9 Å². The highest BCUT2D eigenvalue weighted by atomic mass is 16.6. The van der Waals surface area contributed by atoms with E-state index in [1.54, 1.807) is 18.2 Å². The van der Waals surface area contributed by atoms with E-state index in [0.717, 1.165) is 24.9 Å². The fraction of sp³-hybridized carbons (Fsp3) is 0.636. The van der Waals surface area contributed by atoms with E-state index in [1.165, 1.54) is 0 Å². The molecule has 6 heteroatoms. The minimum Gasteiger partial charge on any atom is -0.478 e. The van der Waals surface area contributed by atoms with Crippen molar-refractivity contribution in [2.24, 2.45) is 5.92 Å². The van der Waals surface area contributed by atoms with Gasteiger partial charge in [-0.2, -0.15) is 0 Å². The molecular weight excluding hydrogens is 358 g/mol. The molecular formula is C22H33NO5. The number of carbonyl (C=O) groups is 2. The summed E-state index contributed by atoms with van der Waals surface area (Å²) < 4.78 is 11.7. The number of hydrogen-bond acceptors (Lipinski definition) is 5. The van der Waals surface area contributed by atoms with Crippen LogP contribution in [-0.2, 0) is 14.9 Å². The third kappa shape index (κ3) is 5.96. The number of esters is 1. The van der Waals surface area contributed by atoms with Crippen LogP contribution in [0.5, 0.6) is 5.75 Å². The summed E-state index contributed by atoms with van der Waals surface area (Å²) in [6.45, 7) is 13.1. The fourth-order valence-corrected chi connectivity index (χ4v) is 3.23. The average molecular weight is 392 g/mol. The topological polar surface area (TPSA) is 84.9 Å². The molecule has 1 aliphatic heterocycles. The molecule has 1 fully saturated rings. The quantitative estimate of drug-likeness (QED) is 0.743. The Morgan fingerprint density at radius 2 is 1.86 bits per heavy atom. The number of benzene rings is 1. The highest BCUT2D eigenvalue weighted by Crippen LogP contribution is 2.31. The van der Waals surface area contributed by atoms with Gasteiger partial charge >= 0.3 is 11.9 Å². The van der Waals surface area contributed by atoms with Gasteiger partial charge in [0.25, 0.3) is 0 Å². The second-order valence-electron chi connectivity index (χ2n) is 9.44. The summed E-state index contributed by atoms with van der Waals surface area (Å²) in [6, 6.07) is 5.07. The molecule has 2 unspecified atom stereocenters. The summed E-state index contributed by atoms with van der Waals surface area (Å²) in [5.41, 5.74) is 0.162. The van der Waals surface area contributed by atoms with Gasteiger partial charge in [-0.05, 0) is 63.3 Å². The third-order valence-corrected chi connectivity index (χ3v) is 4.73. The van der Waals surface area contributed by atoms with Crippen LogP contribution < -0.4 is 10.1 Å². The third-order valence-electron chi connectivity index (χ3n) is 4.73. The first-order valence-electron chi connectivity index (χ1n) is 9.86. The number of piperidine rings is 1. The van der Waals surface area contributed by atoms with E-state index in [1.807, 2.05) is 41.5 Å². The standard InChI is InChI=1S/C22H33NO5/c1-21(2,3)15-9-10-16(19(24)25)17(12-15)27-18(14-8-7-11-23-13-14)20(26)28-22(4,5)6/h9-10,12,14,18,23H,7-8,11,13H2,1-6H3,(H,24,25). The van der Waals surface area contributed by atoms with Crippen molar-refractivity contribution in [1.29, 1.82) is 0 Å². The summed E-state index contributed by atoms with van der Waals surface area (Å²) in [5.74, 6) is -1.41. The zero-order valence-corrected chi connectivity index (χ0v) is 17.8. The minimum atomic E-state index is -1.08. The number of carboxylic acids is 1. The van der Waals surface area contributed by atoms with Crippen LogP contribution in [0.3, 0.4) is 0 Å². The van der Waals surface area contributed by atoms with Gasteiger partial charge in [0.15, 0.2) is 6.10 Å². The molecule has 1 aromatic carbocycles. The summed E-state index contributed by atoms with van der Waals surface area (Å²) >= 11 is 0. The maximum atomic E-state index is 12.9. The van der Waals surface area contributed by atoms with Crippen molar-refractivity contribution >= 4 is 11.9 Å². The van der Waals surface area contributed by atoms with E-state index in [9.17, 15) is 14.7 Å². The SMILES string of the molecule is CC(C)(C)OC(=O)C(Oc1cc(C(C)(C)C)ccc1C(=O)O)C1CCCNC1. The van der Waals surface area contributed by atoms with E-state index in [-0.39, 0.29) is 22.6 Å². The Morgan fingerprint density at radius 3 is 2.36 bits per heavy atom. The molecule has 0 saturated carbocycles. The van der Waals surface area contributed by atoms with Crippen molar-refractivity contribution in [1.82, 2.24) is 5.32 Å². The van der Waals surface area contributed by atoms with Crippen LogP contribution in [0.2, 0.25) is 0 Å². The van der Waals surface area contributed by atoms with Crippen molar-refractivity contribution in [3.8, 4) is 5.75 Å². The minimum absolute atomic E-state index is 0.0466. The molecule has 28 heavy (non-hydrogen) atoms. The summed E-state index contributed by atoms with van der Waals surface area (Å²) in [7, 11) is 0. The highest BCUT2D eigenvalue weighted by molar-refractivity contribution is 5.91. The second kappa shape index (κ2) is 8.52. The van der Waals surface area contributed by atoms with Gasteiger partial charge in [-0.3, -0.25) is 0 Å². The van der Waals surface area contributed by atoms with Crippen LogP contribution in [0, 0.1) is 5.92 Å². The van der Waals surface area contributed by atoms with Gasteiger partial charge in [0.05, 0.1) is 0 Å². The molecule has 2 atom stereocenters. The Kier molecular flexibility index (Phi) is 6.75. The van der Waals surface area contributed by atoms with Gasteiger partial charge in [-0.15, -0.1) is 0 Å². The molecule has 2 N–H and O–H groups in total. The van der Waals surface area contributed by atoms with Crippen LogP contribution in [-0.4, -0.2) is 41.8 Å². The number of hydrogen-bond donors (Lipinski definition) is 2. The Bertz CT molecular complexity index is 709. The van der Waals surface area contributed by atoms with Crippen LogP contribution in [0.4, 0.5) is 0 Å². The summed E-state index contributed by atoms with van der Waals surface area (Å²) in [4.78, 5) is 24.6. The number of rotatable bonds is 5. The smallest absolute Gasteiger partial charge is 0.348 e. The van der Waals surface area contributed by atoms with E-state index in [4.69, 9.17) is 9.47 Å². The van der Waals surface area contributed by atoms with E-state index in [0.29, 0.717) is 6.54 Å². The maximum Gasteiger partial charge on any atom is 0.348 e. The first-order chi connectivity index (χ1) is 12.9. The lowest BCUT2D eigenvalue weighted by Crippen LogP contribution is -2.46. The molecule has 0 aromatic heterocycles. The number of carboxylic acid groups (broad SMARTS) is 1. The lowest BCUT2D eigenvalue weighted by Gasteiger charge is -2.32. The first-order valence-corrected chi connectivity index (χ1v) is 9.86. The Labute approximate surface area is 167 Å². The molecule has 2 rings (SSSR count). The van der Waals surface area contributed by atoms with Crippen LogP contribution in [0.1, 0.15) is 70.3 Å². The number of ether oxygens (including phenoxy) is 2. The Hall–Kier alpha value is -2.08. The lowest BCUT2D eigenvalue weighted by atomic mass is 9.86. The van der Waals surface area contributed by atoms with Gasteiger partial charge in [0, 0.05) is 12.5 Å². The van der Waals surface area contributed by atoms with E-state index >= 15 is 0 Å². The second-order valence-corrected chi connectivity index (χ2v) is 9.44. The molecule has 1 saturated heterocycles. The molecule has 0 bridgehead atoms. The van der Waals surface area contributed by atoms with Crippen molar-refractivity contribution in [3.63, 3.8) is 0 Å². The fourth-order valence-electron chi connectivity index (χ4n) is 3.23. The van der Waals surface area contributed by atoms with Crippen LogP contribution in [0.25, 0.3) is 0 Å². The zero-order valence-electron chi connectivity index (χ0n) is 17.8. The largest absolute Gasteiger partial charge is 0.478 e. The van der Waals surface area contributed by atoms with E-state index < -0.39 is 23.6 Å². The monoisotopic (exact) mass is 391 g/mol.